The minimum Gasteiger partial charge on any atom is -0.508 e. The Bertz CT molecular complexity index is 2440. The molecule has 0 heterocycles. The van der Waals surface area contributed by atoms with Gasteiger partial charge in [0.15, 0.2) is 0 Å². The molecule has 6 aromatic carbocycles. The summed E-state index contributed by atoms with van der Waals surface area (Å²) >= 11 is 0. The Labute approximate surface area is 356 Å². The molecular weight excluding hydrogens is 745 g/mol. The van der Waals surface area contributed by atoms with Gasteiger partial charge >= 0.3 is 0 Å². The number of nitrogens with zero attached hydrogens (tertiary/aromatic N) is 1. The normalized spacial score (nSPS) is 11.7. The molecule has 0 fully saturated rings. The second kappa shape index (κ2) is 17.9. The maximum absolute atomic E-state index is 11.5. The molecule has 0 atom stereocenters. The number of benzene rings is 6. The van der Waals surface area contributed by atoms with E-state index >= 15 is 0 Å². The average Bonchev–Trinajstić information content (AvgIpc) is 3.19. The minimum absolute atomic E-state index is 0.164. The van der Waals surface area contributed by atoms with Crippen LogP contribution >= 0.6 is 0 Å². The summed E-state index contributed by atoms with van der Waals surface area (Å²) in [5, 5.41) is 46.0. The van der Waals surface area contributed by atoms with E-state index in [1.807, 2.05) is 84.9 Å². The van der Waals surface area contributed by atoms with Crippen LogP contribution in [0.5, 0.6) is 23.0 Å². The van der Waals surface area contributed by atoms with Crippen molar-refractivity contribution in [3.8, 4) is 34.1 Å². The standard InChI is InChI=1S/C52H62N4O4/c1-29(2)33-9-13-38(47(57)23-33)19-42-21-43(37-17-18-45(53)46(54)22-37)44(20-39-14-10-34(30(3)4)24-48(39)58)51(55)52(42)56(27-40-15-11-35(31(5)6)25-49(40)59)28-41-16-12-36(32(7)8)26-50(41)60/h9-18,21-26,29-32,57-60H,19-20,27-28,53-55H2,1-8H3. The summed E-state index contributed by atoms with van der Waals surface area (Å²) in [4.78, 5) is 2.10. The predicted octanol–water partition coefficient (Wildman–Crippen LogP) is 11.8. The molecule has 0 aromatic heterocycles. The Hall–Kier alpha value is -6.28. The van der Waals surface area contributed by atoms with Gasteiger partial charge in [-0.1, -0.05) is 110 Å². The first kappa shape index (κ1) is 43.3. The van der Waals surface area contributed by atoms with Crippen molar-refractivity contribution in [1.82, 2.24) is 0 Å². The van der Waals surface area contributed by atoms with Gasteiger partial charge in [-0.3, -0.25) is 0 Å². The molecule has 0 aliphatic heterocycles. The molecule has 314 valence electrons. The molecule has 0 amide bonds. The van der Waals surface area contributed by atoms with E-state index in [4.69, 9.17) is 17.2 Å². The largest absolute Gasteiger partial charge is 0.508 e. The summed E-state index contributed by atoms with van der Waals surface area (Å²) < 4.78 is 0. The summed E-state index contributed by atoms with van der Waals surface area (Å²) in [6.45, 7) is 17.2. The fraction of sp³-hybridized carbons (Fsp3) is 0.308. The van der Waals surface area contributed by atoms with Crippen LogP contribution in [-0.2, 0) is 25.9 Å². The molecular formula is C52H62N4O4. The van der Waals surface area contributed by atoms with Crippen molar-refractivity contribution in [2.75, 3.05) is 22.1 Å². The Kier molecular flexibility index (Phi) is 12.9. The zero-order chi connectivity index (χ0) is 43.6. The van der Waals surface area contributed by atoms with Crippen LogP contribution in [-0.4, -0.2) is 20.4 Å². The highest BCUT2D eigenvalue weighted by Gasteiger charge is 2.26. The smallest absolute Gasteiger partial charge is 0.120 e. The Morgan fingerprint density at radius 2 is 0.833 bits per heavy atom. The molecule has 6 aromatic rings. The highest BCUT2D eigenvalue weighted by molar-refractivity contribution is 5.87. The number of hydrogen-bond acceptors (Lipinski definition) is 8. The number of hydrogen-bond donors (Lipinski definition) is 7. The van der Waals surface area contributed by atoms with E-state index in [2.05, 4.69) is 66.4 Å². The molecule has 0 unspecified atom stereocenters. The summed E-state index contributed by atoms with van der Waals surface area (Å²) in [5.41, 5.74) is 32.3. The third-order valence-electron chi connectivity index (χ3n) is 11.8. The van der Waals surface area contributed by atoms with E-state index in [1.165, 1.54) is 0 Å². The van der Waals surface area contributed by atoms with Crippen molar-refractivity contribution in [3.05, 3.63) is 153 Å². The van der Waals surface area contributed by atoms with E-state index in [1.54, 1.807) is 6.07 Å². The second-order valence-electron chi connectivity index (χ2n) is 17.5. The number of aromatic hydroxyl groups is 4. The number of anilines is 4. The third-order valence-corrected chi connectivity index (χ3v) is 11.8. The lowest BCUT2D eigenvalue weighted by Gasteiger charge is -2.32. The van der Waals surface area contributed by atoms with E-state index in [0.29, 0.717) is 51.4 Å². The molecule has 0 bridgehead atoms. The summed E-state index contributed by atoms with van der Waals surface area (Å²) in [7, 11) is 0. The van der Waals surface area contributed by atoms with Gasteiger partial charge < -0.3 is 42.5 Å². The molecule has 60 heavy (non-hydrogen) atoms. The van der Waals surface area contributed by atoms with Gasteiger partial charge in [0.2, 0.25) is 0 Å². The van der Waals surface area contributed by atoms with Crippen LogP contribution in [0.1, 0.15) is 135 Å². The van der Waals surface area contributed by atoms with Gasteiger partial charge in [-0.25, -0.2) is 0 Å². The van der Waals surface area contributed by atoms with E-state index in [0.717, 1.165) is 44.5 Å². The maximum atomic E-state index is 11.5. The zero-order valence-electron chi connectivity index (χ0n) is 36.3. The summed E-state index contributed by atoms with van der Waals surface area (Å²) in [5.74, 6) is 1.57. The first-order chi connectivity index (χ1) is 28.4. The number of phenolic OH excluding ortho intramolecular Hbond substituents is 4. The SMILES string of the molecule is CC(C)c1ccc(Cc2cc(-c3ccc(N)c(N)c3)c(Cc3ccc(C(C)C)cc3O)c(N)c2N(Cc2ccc(C(C)C)cc2O)Cc2ccc(C(C)C)cc2O)c(O)c1. The molecule has 0 spiro atoms. The van der Waals surface area contributed by atoms with Gasteiger partial charge in [0.25, 0.3) is 0 Å². The lowest BCUT2D eigenvalue weighted by Crippen LogP contribution is -2.26. The van der Waals surface area contributed by atoms with Crippen molar-refractivity contribution in [2.24, 2.45) is 0 Å². The Balaban J connectivity index is 1.65. The molecule has 0 radical (unpaired) electrons. The van der Waals surface area contributed by atoms with E-state index < -0.39 is 0 Å². The quantitative estimate of drug-likeness (QED) is 0.0535. The van der Waals surface area contributed by atoms with Crippen molar-refractivity contribution < 1.29 is 20.4 Å². The Morgan fingerprint density at radius 3 is 1.22 bits per heavy atom. The number of nitrogens with two attached hydrogens (primary N) is 3. The van der Waals surface area contributed by atoms with Crippen LogP contribution in [0.25, 0.3) is 11.1 Å². The molecule has 6 rings (SSSR count). The predicted molar refractivity (Wildman–Crippen MR) is 249 cm³/mol. The first-order valence-electron chi connectivity index (χ1n) is 21.0. The minimum atomic E-state index is 0.164. The lowest BCUT2D eigenvalue weighted by molar-refractivity contribution is 0.462. The van der Waals surface area contributed by atoms with Crippen molar-refractivity contribution in [2.45, 2.75) is 105 Å². The highest BCUT2D eigenvalue weighted by Crippen LogP contribution is 2.45. The fourth-order valence-electron chi connectivity index (χ4n) is 7.84. The lowest BCUT2D eigenvalue weighted by atomic mass is 9.87. The van der Waals surface area contributed by atoms with Crippen molar-refractivity contribution in [1.29, 1.82) is 0 Å². The van der Waals surface area contributed by atoms with Crippen LogP contribution in [0.15, 0.2) is 97.1 Å². The van der Waals surface area contributed by atoms with Crippen LogP contribution in [0.3, 0.4) is 0 Å². The van der Waals surface area contributed by atoms with Gasteiger partial charge in [-0.2, -0.15) is 0 Å². The first-order valence-corrected chi connectivity index (χ1v) is 21.0. The molecule has 0 aliphatic rings. The van der Waals surface area contributed by atoms with Crippen LogP contribution in [0.2, 0.25) is 0 Å². The van der Waals surface area contributed by atoms with Gasteiger partial charge in [0.05, 0.1) is 22.7 Å². The fourth-order valence-corrected chi connectivity index (χ4v) is 7.84. The molecule has 8 nitrogen and oxygen atoms in total. The molecule has 0 saturated heterocycles. The van der Waals surface area contributed by atoms with Gasteiger partial charge in [-0.05, 0) is 122 Å². The monoisotopic (exact) mass is 806 g/mol. The van der Waals surface area contributed by atoms with Crippen LogP contribution in [0, 0.1) is 0 Å². The molecule has 0 aliphatic carbocycles. The van der Waals surface area contributed by atoms with Crippen molar-refractivity contribution >= 4 is 22.7 Å². The molecule has 0 saturated carbocycles. The second-order valence-corrected chi connectivity index (χ2v) is 17.5. The summed E-state index contributed by atoms with van der Waals surface area (Å²) in [6.07, 6.45) is 0.594. The van der Waals surface area contributed by atoms with Gasteiger partial charge in [0, 0.05) is 37.1 Å². The molecule has 10 N–H and O–H groups in total. The highest BCUT2D eigenvalue weighted by atomic mass is 16.3. The zero-order valence-corrected chi connectivity index (χ0v) is 36.3. The number of rotatable bonds is 14. The maximum Gasteiger partial charge on any atom is 0.120 e. The van der Waals surface area contributed by atoms with Crippen molar-refractivity contribution in [3.63, 3.8) is 0 Å². The number of phenols is 4. The number of nitrogen functional groups attached to an aromatic ring is 3. The third kappa shape index (κ3) is 9.44. The Morgan fingerprint density at radius 1 is 0.433 bits per heavy atom. The van der Waals surface area contributed by atoms with E-state index in [9.17, 15) is 20.4 Å². The average molecular weight is 807 g/mol. The van der Waals surface area contributed by atoms with Gasteiger partial charge in [-0.15, -0.1) is 0 Å². The van der Waals surface area contributed by atoms with Gasteiger partial charge in [0.1, 0.15) is 23.0 Å². The summed E-state index contributed by atoms with van der Waals surface area (Å²) in [6, 6.07) is 30.9. The van der Waals surface area contributed by atoms with Crippen LogP contribution in [0.4, 0.5) is 22.7 Å². The molecule has 8 heteroatoms. The topological polar surface area (TPSA) is 162 Å². The van der Waals surface area contributed by atoms with E-state index in [-0.39, 0.29) is 66.2 Å². The van der Waals surface area contributed by atoms with Crippen LogP contribution < -0.4 is 22.1 Å².